The van der Waals surface area contributed by atoms with Crippen LogP contribution in [0, 0.1) is 19.1 Å². The minimum Gasteiger partial charge on any atom is -0.618 e. The molecule has 1 N–H and O–H groups in total. The van der Waals surface area contributed by atoms with Gasteiger partial charge in [-0.3, -0.25) is 0 Å². The normalized spacial score (nSPS) is 12.1. The molecule has 30 heavy (non-hydrogen) atoms. The summed E-state index contributed by atoms with van der Waals surface area (Å²) in [4.78, 5) is 24.1. The van der Waals surface area contributed by atoms with E-state index in [0.717, 1.165) is 15.9 Å². The molecule has 0 radical (unpaired) electrons. The molecule has 8 nitrogen and oxygen atoms in total. The van der Waals surface area contributed by atoms with Crippen molar-refractivity contribution in [2.45, 2.75) is 52.7 Å². The van der Waals surface area contributed by atoms with Gasteiger partial charge in [-0.25, -0.2) is 9.59 Å². The van der Waals surface area contributed by atoms with Gasteiger partial charge < -0.3 is 24.7 Å². The van der Waals surface area contributed by atoms with Gasteiger partial charge in [0.15, 0.2) is 11.9 Å². The first-order valence-corrected chi connectivity index (χ1v) is 9.53. The van der Waals surface area contributed by atoms with Crippen LogP contribution in [0.3, 0.4) is 0 Å². The van der Waals surface area contributed by atoms with Crippen LogP contribution in [0.1, 0.15) is 37.6 Å². The van der Waals surface area contributed by atoms with Crippen molar-refractivity contribution in [3.63, 3.8) is 0 Å². The van der Waals surface area contributed by atoms with Crippen LogP contribution >= 0.6 is 0 Å². The maximum Gasteiger partial charge on any atom is 0.408 e. The summed E-state index contributed by atoms with van der Waals surface area (Å²) in [5.41, 5.74) is 1.44. The zero-order chi connectivity index (χ0) is 22.5. The molecular formula is C22H28N2O6. The predicted octanol–water partition coefficient (Wildman–Crippen LogP) is 3.34. The first-order valence-electron chi connectivity index (χ1n) is 9.53. The number of esters is 1. The Bertz CT molecular complexity index is 903. The number of carbonyl (C=O) groups is 2. The number of alkyl carbamates (subject to hydrolysis) is 1. The van der Waals surface area contributed by atoms with Crippen LogP contribution in [0.25, 0.3) is 0 Å². The summed E-state index contributed by atoms with van der Waals surface area (Å²) in [7, 11) is 1.26. The molecule has 0 saturated carbocycles. The largest absolute Gasteiger partial charge is 0.618 e. The van der Waals surface area contributed by atoms with Crippen LogP contribution in [-0.2, 0) is 20.7 Å². The lowest BCUT2D eigenvalue weighted by molar-refractivity contribution is -0.612. The number of carbonyl (C=O) groups excluding carboxylic acids is 2. The van der Waals surface area contributed by atoms with Gasteiger partial charge in [0, 0.05) is 19.4 Å². The highest BCUT2D eigenvalue weighted by Crippen LogP contribution is 2.25. The van der Waals surface area contributed by atoms with Gasteiger partial charge in [-0.1, -0.05) is 12.1 Å². The number of aromatic nitrogens is 1. The third-order valence-electron chi connectivity index (χ3n) is 4.37. The molecule has 2 aromatic rings. The van der Waals surface area contributed by atoms with Gasteiger partial charge in [-0.15, -0.1) is 0 Å². The molecule has 0 saturated heterocycles. The van der Waals surface area contributed by atoms with Crippen molar-refractivity contribution in [1.82, 2.24) is 5.32 Å². The second-order valence-corrected chi connectivity index (χ2v) is 7.89. The average molecular weight is 416 g/mol. The molecule has 1 amide bonds. The third-order valence-corrected chi connectivity index (χ3v) is 4.37. The molecule has 1 aromatic heterocycles. The number of nitrogens with one attached hydrogen (secondary N) is 1. The topological polar surface area (TPSA) is 101 Å². The van der Waals surface area contributed by atoms with Crippen LogP contribution in [-0.4, -0.2) is 30.8 Å². The Labute approximate surface area is 176 Å². The van der Waals surface area contributed by atoms with E-state index in [0.29, 0.717) is 17.2 Å². The monoisotopic (exact) mass is 416 g/mol. The second kappa shape index (κ2) is 9.47. The molecule has 1 heterocycles. The summed E-state index contributed by atoms with van der Waals surface area (Å²) in [5, 5.41) is 14.2. The Morgan fingerprint density at radius 2 is 1.77 bits per heavy atom. The Balaban J connectivity index is 2.09. The predicted molar refractivity (Wildman–Crippen MR) is 110 cm³/mol. The maximum absolute atomic E-state index is 12.1. The number of benzene rings is 1. The Morgan fingerprint density at radius 3 is 2.33 bits per heavy atom. The lowest BCUT2D eigenvalue weighted by Gasteiger charge is -2.22. The number of hydrogen-bond donors (Lipinski definition) is 1. The van der Waals surface area contributed by atoms with E-state index >= 15 is 0 Å². The number of nitrogens with zero attached hydrogens (tertiary/aromatic N) is 1. The molecule has 0 bridgehead atoms. The molecule has 162 valence electrons. The van der Waals surface area contributed by atoms with Gasteiger partial charge in [-0.05, 0) is 45.4 Å². The van der Waals surface area contributed by atoms with E-state index in [-0.39, 0.29) is 6.42 Å². The number of methoxy groups -OCH3 is 1. The molecule has 0 spiro atoms. The highest BCUT2D eigenvalue weighted by atomic mass is 16.6. The molecule has 1 aromatic carbocycles. The molecule has 0 unspecified atom stereocenters. The molecular weight excluding hydrogens is 388 g/mol. The van der Waals surface area contributed by atoms with Crippen LogP contribution < -0.4 is 14.8 Å². The van der Waals surface area contributed by atoms with Gasteiger partial charge >= 0.3 is 12.1 Å². The summed E-state index contributed by atoms with van der Waals surface area (Å²) in [6.07, 6.45) is 0.935. The van der Waals surface area contributed by atoms with E-state index < -0.39 is 23.7 Å². The fourth-order valence-electron chi connectivity index (χ4n) is 2.67. The minimum absolute atomic E-state index is 0.228. The summed E-state index contributed by atoms with van der Waals surface area (Å²) in [6, 6.07) is 7.82. The number of amides is 1. The van der Waals surface area contributed by atoms with E-state index in [1.54, 1.807) is 58.0 Å². The van der Waals surface area contributed by atoms with Gasteiger partial charge in [0.05, 0.1) is 12.7 Å². The lowest BCUT2D eigenvalue weighted by atomic mass is 10.1. The van der Waals surface area contributed by atoms with Gasteiger partial charge in [-0.2, -0.15) is 4.73 Å². The van der Waals surface area contributed by atoms with Crippen molar-refractivity contribution < 1.29 is 28.5 Å². The molecule has 1 atom stereocenters. The number of ether oxygens (including phenoxy) is 3. The average Bonchev–Trinajstić information content (AvgIpc) is 2.67. The van der Waals surface area contributed by atoms with Crippen LogP contribution in [0.2, 0.25) is 0 Å². The minimum atomic E-state index is -0.886. The summed E-state index contributed by atoms with van der Waals surface area (Å²) < 4.78 is 16.7. The first kappa shape index (κ1) is 23.0. The van der Waals surface area contributed by atoms with Crippen molar-refractivity contribution >= 4 is 12.1 Å². The molecule has 0 aliphatic heterocycles. The number of rotatable bonds is 6. The Morgan fingerprint density at radius 1 is 1.13 bits per heavy atom. The quantitative estimate of drug-likeness (QED) is 0.440. The van der Waals surface area contributed by atoms with Gasteiger partial charge in [0.2, 0.25) is 0 Å². The molecule has 0 fully saturated rings. The van der Waals surface area contributed by atoms with E-state index in [1.165, 1.54) is 13.3 Å². The fourth-order valence-corrected chi connectivity index (χ4v) is 2.67. The highest BCUT2D eigenvalue weighted by Gasteiger charge is 2.25. The van der Waals surface area contributed by atoms with Gasteiger partial charge in [0.1, 0.15) is 23.1 Å². The van der Waals surface area contributed by atoms with E-state index in [2.05, 4.69) is 5.32 Å². The number of hydrogen-bond acceptors (Lipinski definition) is 6. The first-order chi connectivity index (χ1) is 14.0. The zero-order valence-electron chi connectivity index (χ0n) is 18.1. The van der Waals surface area contributed by atoms with E-state index in [4.69, 9.17) is 14.2 Å². The van der Waals surface area contributed by atoms with Crippen molar-refractivity contribution in [3.8, 4) is 11.5 Å². The lowest BCUT2D eigenvalue weighted by Crippen LogP contribution is -2.45. The third kappa shape index (κ3) is 6.37. The van der Waals surface area contributed by atoms with Crippen LogP contribution in [0.4, 0.5) is 4.79 Å². The van der Waals surface area contributed by atoms with Crippen molar-refractivity contribution in [2.75, 3.05) is 7.11 Å². The molecule has 0 aliphatic carbocycles. The SMILES string of the molecule is COC(=O)[C@H](Cc1ccc(Oc2cc[n+]([O-])c(C)c2C)cc1)NC(=O)OC(C)(C)C. The summed E-state index contributed by atoms with van der Waals surface area (Å²) in [6.45, 7) is 8.76. The van der Waals surface area contributed by atoms with Crippen LogP contribution in [0.5, 0.6) is 11.5 Å². The van der Waals surface area contributed by atoms with Crippen molar-refractivity contribution in [2.24, 2.45) is 0 Å². The van der Waals surface area contributed by atoms with Gasteiger partial charge in [0.25, 0.3) is 0 Å². The molecule has 0 aliphatic rings. The number of pyridine rings is 1. The zero-order valence-corrected chi connectivity index (χ0v) is 18.1. The fraction of sp³-hybridized carbons (Fsp3) is 0.409. The Hall–Kier alpha value is -3.29. The van der Waals surface area contributed by atoms with E-state index in [9.17, 15) is 14.8 Å². The summed E-state index contributed by atoms with van der Waals surface area (Å²) >= 11 is 0. The molecule has 2 rings (SSSR count). The second-order valence-electron chi connectivity index (χ2n) is 7.89. The van der Waals surface area contributed by atoms with Crippen molar-refractivity contribution in [1.29, 1.82) is 0 Å². The highest BCUT2D eigenvalue weighted by molar-refractivity contribution is 5.81. The van der Waals surface area contributed by atoms with Crippen LogP contribution in [0.15, 0.2) is 36.5 Å². The molecule has 8 heteroatoms. The smallest absolute Gasteiger partial charge is 0.408 e. The Kier molecular flexibility index (Phi) is 7.26. The standard InChI is InChI=1S/C22H28N2O6/c1-14-15(2)24(27)12-11-19(14)29-17-9-7-16(8-10-17)13-18(20(25)28-6)23-21(26)30-22(3,4)5/h7-12,18H,13H2,1-6H3,(H,23,26)/t18-/m0/s1. The maximum atomic E-state index is 12.1. The van der Waals surface area contributed by atoms with Crippen molar-refractivity contribution in [3.05, 3.63) is 58.6 Å². The summed E-state index contributed by atoms with van der Waals surface area (Å²) in [5.74, 6) is 0.605. The van der Waals surface area contributed by atoms with E-state index in [1.807, 2.05) is 6.92 Å².